The third-order valence-corrected chi connectivity index (χ3v) is 6.07. The molecule has 0 aromatic heterocycles. The highest BCUT2D eigenvalue weighted by Crippen LogP contribution is 2.43. The first-order valence-electron chi connectivity index (χ1n) is 10.4. The van der Waals surface area contributed by atoms with Crippen LogP contribution in [-0.4, -0.2) is 38.8 Å². The Morgan fingerprint density at radius 3 is 2.06 bits per heavy atom. The minimum absolute atomic E-state index is 0.289. The van der Waals surface area contributed by atoms with E-state index >= 15 is 0 Å². The van der Waals surface area contributed by atoms with Crippen molar-refractivity contribution in [2.24, 2.45) is 5.92 Å². The van der Waals surface area contributed by atoms with Crippen molar-refractivity contribution in [3.05, 3.63) is 82.9 Å². The quantitative estimate of drug-likeness (QED) is 0.281. The molecule has 0 radical (unpaired) electrons. The number of methoxy groups -OCH3 is 3. The summed E-state index contributed by atoms with van der Waals surface area (Å²) >= 11 is 5.97. The van der Waals surface area contributed by atoms with Crippen molar-refractivity contribution >= 4 is 34.8 Å². The summed E-state index contributed by atoms with van der Waals surface area (Å²) in [5.41, 5.74) is 1.31. The van der Waals surface area contributed by atoms with Crippen LogP contribution in [0.5, 0.6) is 17.2 Å². The summed E-state index contributed by atoms with van der Waals surface area (Å²) in [6.45, 7) is 0. The van der Waals surface area contributed by atoms with Crippen LogP contribution in [0, 0.1) is 5.92 Å². The number of nitrogens with zero attached hydrogens (tertiary/aromatic N) is 1. The lowest BCUT2D eigenvalue weighted by Gasteiger charge is -2.28. The first kappa shape index (κ1) is 23.3. The molecule has 1 saturated heterocycles. The molecule has 4 rings (SSSR count). The number of hydrogen-bond donors (Lipinski definition) is 0. The highest BCUT2D eigenvalue weighted by atomic mass is 35.5. The molecule has 174 valence electrons. The second-order valence-electron chi connectivity index (χ2n) is 7.65. The van der Waals surface area contributed by atoms with Gasteiger partial charge in [-0.3, -0.25) is 19.3 Å². The molecule has 34 heavy (non-hydrogen) atoms. The fourth-order valence-corrected chi connectivity index (χ4v) is 4.25. The van der Waals surface area contributed by atoms with Crippen LogP contribution >= 0.6 is 11.6 Å². The smallest absolute Gasteiger partial charge is 0.295 e. The summed E-state index contributed by atoms with van der Waals surface area (Å²) in [4.78, 5) is 41.4. The molecule has 0 saturated carbocycles. The first-order chi connectivity index (χ1) is 16.4. The van der Waals surface area contributed by atoms with Crippen molar-refractivity contribution in [3.63, 3.8) is 0 Å². The van der Waals surface area contributed by atoms with E-state index in [1.165, 1.54) is 26.2 Å². The van der Waals surface area contributed by atoms with Gasteiger partial charge in [0.15, 0.2) is 17.3 Å². The van der Waals surface area contributed by atoms with Gasteiger partial charge in [0.25, 0.3) is 5.91 Å². The van der Waals surface area contributed by atoms with Crippen LogP contribution < -0.4 is 19.1 Å². The number of anilines is 1. The predicted molar refractivity (Wildman–Crippen MR) is 127 cm³/mol. The number of rotatable bonds is 7. The number of ether oxygens (including phenoxy) is 3. The average Bonchev–Trinajstić information content (AvgIpc) is 3.13. The van der Waals surface area contributed by atoms with Crippen molar-refractivity contribution in [1.29, 1.82) is 0 Å². The van der Waals surface area contributed by atoms with E-state index in [4.69, 9.17) is 25.8 Å². The van der Waals surface area contributed by atoms with Gasteiger partial charge in [0, 0.05) is 16.3 Å². The van der Waals surface area contributed by atoms with Crippen LogP contribution in [0.25, 0.3) is 0 Å². The SMILES string of the molecule is COc1ccc(N2C(=O)C(=O)C(C(=O)c3ccc(Cl)cc3)C2c2ccc(OC)c(OC)c2)cc1. The molecule has 0 aliphatic carbocycles. The summed E-state index contributed by atoms with van der Waals surface area (Å²) in [6, 6.07) is 17.1. The lowest BCUT2D eigenvalue weighted by Crippen LogP contribution is -2.30. The van der Waals surface area contributed by atoms with Gasteiger partial charge in [-0.2, -0.15) is 0 Å². The molecule has 0 spiro atoms. The number of Topliss-reactive ketones (excluding diaryl/α,β-unsaturated/α-hetero) is 2. The van der Waals surface area contributed by atoms with E-state index in [1.54, 1.807) is 66.7 Å². The number of halogens is 1. The highest BCUT2D eigenvalue weighted by Gasteiger charge is 2.52. The Morgan fingerprint density at radius 2 is 1.47 bits per heavy atom. The monoisotopic (exact) mass is 479 g/mol. The molecule has 2 atom stereocenters. The van der Waals surface area contributed by atoms with Crippen LogP contribution in [-0.2, 0) is 9.59 Å². The summed E-state index contributed by atoms with van der Waals surface area (Å²) in [5, 5.41) is 0.460. The second kappa shape index (κ2) is 9.57. The number of hydrogen-bond acceptors (Lipinski definition) is 6. The zero-order valence-electron chi connectivity index (χ0n) is 18.8. The van der Waals surface area contributed by atoms with Gasteiger partial charge < -0.3 is 14.2 Å². The van der Waals surface area contributed by atoms with Gasteiger partial charge in [-0.1, -0.05) is 17.7 Å². The van der Waals surface area contributed by atoms with Crippen molar-refractivity contribution in [2.75, 3.05) is 26.2 Å². The molecular weight excluding hydrogens is 458 g/mol. The van der Waals surface area contributed by atoms with Gasteiger partial charge in [-0.25, -0.2) is 0 Å². The molecule has 1 aliphatic heterocycles. The maximum absolute atomic E-state index is 13.5. The van der Waals surface area contributed by atoms with Gasteiger partial charge in [0.1, 0.15) is 11.7 Å². The van der Waals surface area contributed by atoms with Gasteiger partial charge in [-0.15, -0.1) is 0 Å². The lowest BCUT2D eigenvalue weighted by atomic mass is 9.86. The number of benzene rings is 3. The van der Waals surface area contributed by atoms with Gasteiger partial charge in [-0.05, 0) is 66.2 Å². The van der Waals surface area contributed by atoms with E-state index in [2.05, 4.69) is 0 Å². The van der Waals surface area contributed by atoms with E-state index in [0.717, 1.165) is 0 Å². The number of amides is 1. The van der Waals surface area contributed by atoms with E-state index in [0.29, 0.717) is 33.5 Å². The fourth-order valence-electron chi connectivity index (χ4n) is 4.13. The number of carbonyl (C=O) groups is 3. The molecule has 2 unspecified atom stereocenters. The Kier molecular flexibility index (Phi) is 6.56. The zero-order chi connectivity index (χ0) is 24.4. The third-order valence-electron chi connectivity index (χ3n) is 5.82. The Balaban J connectivity index is 1.87. The standard InChI is InChI=1S/C26H22ClNO6/c1-32-19-11-9-18(10-12-19)28-23(16-6-13-20(33-2)21(14-16)34-3)22(25(30)26(28)31)24(29)15-4-7-17(27)8-5-15/h4-14,22-23H,1-3H3. The maximum atomic E-state index is 13.5. The fraction of sp³-hybridized carbons (Fsp3) is 0.192. The predicted octanol–water partition coefficient (Wildman–Crippen LogP) is 4.52. The van der Waals surface area contributed by atoms with Crippen LogP contribution in [0.4, 0.5) is 5.69 Å². The van der Waals surface area contributed by atoms with Gasteiger partial charge in [0.2, 0.25) is 5.78 Å². The highest BCUT2D eigenvalue weighted by molar-refractivity contribution is 6.49. The minimum atomic E-state index is -1.26. The summed E-state index contributed by atoms with van der Waals surface area (Å²) in [7, 11) is 4.54. The van der Waals surface area contributed by atoms with Gasteiger partial charge >= 0.3 is 0 Å². The van der Waals surface area contributed by atoms with Crippen molar-refractivity contribution in [1.82, 2.24) is 0 Å². The van der Waals surface area contributed by atoms with E-state index < -0.39 is 29.4 Å². The van der Waals surface area contributed by atoms with Crippen LogP contribution in [0.1, 0.15) is 22.0 Å². The molecule has 1 heterocycles. The second-order valence-corrected chi connectivity index (χ2v) is 8.08. The summed E-state index contributed by atoms with van der Waals surface area (Å²) in [6.07, 6.45) is 0. The first-order valence-corrected chi connectivity index (χ1v) is 10.8. The molecule has 7 nitrogen and oxygen atoms in total. The molecule has 1 aliphatic rings. The molecule has 0 bridgehead atoms. The molecule has 8 heteroatoms. The molecule has 3 aromatic rings. The molecule has 0 N–H and O–H groups in total. The van der Waals surface area contributed by atoms with Crippen molar-refractivity contribution in [2.45, 2.75) is 6.04 Å². The topological polar surface area (TPSA) is 82.1 Å². The summed E-state index contributed by atoms with van der Waals surface area (Å²) in [5.74, 6) is -1.77. The molecular formula is C26H22ClNO6. The number of ketones is 2. The van der Waals surface area contributed by atoms with Crippen LogP contribution in [0.15, 0.2) is 66.7 Å². The van der Waals surface area contributed by atoms with Crippen molar-refractivity contribution in [3.8, 4) is 17.2 Å². The Morgan fingerprint density at radius 1 is 0.824 bits per heavy atom. The summed E-state index contributed by atoms with van der Waals surface area (Å²) < 4.78 is 16.0. The van der Waals surface area contributed by atoms with Gasteiger partial charge in [0.05, 0.1) is 27.4 Å². The third kappa shape index (κ3) is 4.10. The van der Waals surface area contributed by atoms with E-state index in [9.17, 15) is 14.4 Å². The van der Waals surface area contributed by atoms with E-state index in [1.807, 2.05) is 0 Å². The van der Waals surface area contributed by atoms with Crippen LogP contribution in [0.3, 0.4) is 0 Å². The minimum Gasteiger partial charge on any atom is -0.497 e. The Hall–Kier alpha value is -3.84. The average molecular weight is 480 g/mol. The van der Waals surface area contributed by atoms with Crippen molar-refractivity contribution < 1.29 is 28.6 Å². The lowest BCUT2D eigenvalue weighted by molar-refractivity contribution is -0.135. The largest absolute Gasteiger partial charge is 0.497 e. The molecule has 1 fully saturated rings. The number of carbonyl (C=O) groups excluding carboxylic acids is 3. The molecule has 3 aromatic carbocycles. The molecule has 1 amide bonds. The normalized spacial score (nSPS) is 17.6. The Labute approximate surface area is 201 Å². The Bertz CT molecular complexity index is 1240. The zero-order valence-corrected chi connectivity index (χ0v) is 19.5. The maximum Gasteiger partial charge on any atom is 0.295 e. The van der Waals surface area contributed by atoms with Crippen LogP contribution in [0.2, 0.25) is 5.02 Å². The van der Waals surface area contributed by atoms with E-state index in [-0.39, 0.29) is 5.56 Å².